The van der Waals surface area contributed by atoms with Gasteiger partial charge in [0.2, 0.25) is 0 Å². The van der Waals surface area contributed by atoms with Crippen molar-refractivity contribution in [2.45, 2.75) is 6.54 Å². The Bertz CT molecular complexity index is 535. The predicted molar refractivity (Wildman–Crippen MR) is 85.5 cm³/mol. The van der Waals surface area contributed by atoms with E-state index in [2.05, 4.69) is 22.7 Å². The summed E-state index contributed by atoms with van der Waals surface area (Å²) in [5.41, 5.74) is 7.89. The lowest BCUT2D eigenvalue weighted by Gasteiger charge is -2.13. The van der Waals surface area contributed by atoms with Gasteiger partial charge < -0.3 is 5.32 Å². The molecule has 19 heavy (non-hydrogen) atoms. The molecule has 1 aromatic heterocycles. The smallest absolute Gasteiger partial charge is 0.185 e. The van der Waals surface area contributed by atoms with Crippen LogP contribution in [0.4, 0.5) is 0 Å². The number of hydrazine groups is 1. The minimum absolute atomic E-state index is 0.543. The molecule has 98 valence electrons. The van der Waals surface area contributed by atoms with Crippen LogP contribution < -0.4 is 16.2 Å². The highest BCUT2D eigenvalue weighted by Gasteiger charge is 2.00. The van der Waals surface area contributed by atoms with Crippen molar-refractivity contribution < 1.29 is 0 Å². The number of rotatable bonds is 5. The van der Waals surface area contributed by atoms with Crippen molar-refractivity contribution in [2.75, 3.05) is 0 Å². The molecule has 0 unspecified atom stereocenters. The van der Waals surface area contributed by atoms with E-state index in [0.717, 1.165) is 10.6 Å². The maximum Gasteiger partial charge on any atom is 0.185 e. The van der Waals surface area contributed by atoms with E-state index in [4.69, 9.17) is 12.2 Å². The number of thiophene rings is 1. The van der Waals surface area contributed by atoms with Crippen molar-refractivity contribution in [2.24, 2.45) is 0 Å². The average Bonchev–Trinajstić information content (AvgIpc) is 2.98. The van der Waals surface area contributed by atoms with Crippen LogP contribution in [0.1, 0.15) is 10.4 Å². The van der Waals surface area contributed by atoms with Crippen molar-refractivity contribution >= 4 is 34.4 Å². The van der Waals surface area contributed by atoms with Crippen LogP contribution in [-0.4, -0.2) is 5.11 Å². The minimum Gasteiger partial charge on any atom is -0.357 e. The van der Waals surface area contributed by atoms with E-state index in [1.54, 1.807) is 11.3 Å². The van der Waals surface area contributed by atoms with E-state index in [1.807, 2.05) is 47.8 Å². The Morgan fingerprint density at radius 3 is 2.58 bits per heavy atom. The first-order chi connectivity index (χ1) is 9.25. The molecule has 2 rings (SSSR count). The fourth-order valence-corrected chi connectivity index (χ4v) is 2.24. The first kappa shape index (κ1) is 13.6. The largest absolute Gasteiger partial charge is 0.357 e. The van der Waals surface area contributed by atoms with Crippen molar-refractivity contribution in [1.29, 1.82) is 0 Å². The van der Waals surface area contributed by atoms with E-state index in [1.165, 1.54) is 5.56 Å². The number of hydrogen-bond acceptors (Lipinski definition) is 3. The first-order valence-electron chi connectivity index (χ1n) is 5.82. The van der Waals surface area contributed by atoms with E-state index in [9.17, 15) is 0 Å². The van der Waals surface area contributed by atoms with Gasteiger partial charge in [0, 0.05) is 6.54 Å². The second-order valence-electron chi connectivity index (χ2n) is 3.87. The SMILES string of the molecule is C=C(NNC(=S)NCc1ccccc1)c1cccs1. The highest BCUT2D eigenvalue weighted by atomic mass is 32.1. The molecule has 0 aliphatic carbocycles. The molecule has 1 aromatic carbocycles. The van der Waals surface area contributed by atoms with Crippen LogP contribution in [-0.2, 0) is 6.54 Å². The van der Waals surface area contributed by atoms with Crippen LogP contribution in [0, 0.1) is 0 Å². The standard InChI is InChI=1S/C14H15N3S2/c1-11(13-8-5-9-19-13)16-17-14(18)15-10-12-6-3-2-4-7-12/h2-9,16H,1,10H2,(H2,15,17,18). The predicted octanol–water partition coefficient (Wildman–Crippen LogP) is 2.89. The fourth-order valence-electron chi connectivity index (χ4n) is 1.47. The molecule has 0 fully saturated rings. The van der Waals surface area contributed by atoms with Crippen LogP contribution in [0.2, 0.25) is 0 Å². The molecule has 0 atom stereocenters. The Kier molecular flexibility index (Phi) is 4.94. The Hall–Kier alpha value is -1.85. The monoisotopic (exact) mass is 289 g/mol. The van der Waals surface area contributed by atoms with Gasteiger partial charge in [0.15, 0.2) is 5.11 Å². The van der Waals surface area contributed by atoms with Crippen molar-refractivity contribution in [3.8, 4) is 0 Å². The van der Waals surface area contributed by atoms with E-state index in [0.29, 0.717) is 11.7 Å². The third-order valence-electron chi connectivity index (χ3n) is 2.44. The van der Waals surface area contributed by atoms with Crippen molar-refractivity contribution in [3.05, 3.63) is 64.9 Å². The maximum atomic E-state index is 5.18. The quantitative estimate of drug-likeness (QED) is 0.584. The number of benzene rings is 1. The van der Waals surface area contributed by atoms with Gasteiger partial charge in [-0.25, -0.2) is 0 Å². The second-order valence-corrected chi connectivity index (χ2v) is 5.23. The second kappa shape index (κ2) is 6.92. The number of nitrogens with one attached hydrogen (secondary N) is 3. The Balaban J connectivity index is 1.72. The average molecular weight is 289 g/mol. The van der Waals surface area contributed by atoms with Crippen molar-refractivity contribution in [3.63, 3.8) is 0 Å². The summed E-state index contributed by atoms with van der Waals surface area (Å²) in [6.07, 6.45) is 0. The molecule has 5 heteroatoms. The van der Waals surface area contributed by atoms with Gasteiger partial charge in [0.05, 0.1) is 10.6 Å². The van der Waals surface area contributed by atoms with E-state index < -0.39 is 0 Å². The molecule has 0 spiro atoms. The zero-order valence-corrected chi connectivity index (χ0v) is 12.0. The van der Waals surface area contributed by atoms with E-state index >= 15 is 0 Å². The van der Waals surface area contributed by atoms with Crippen LogP contribution in [0.5, 0.6) is 0 Å². The van der Waals surface area contributed by atoms with Gasteiger partial charge in [-0.3, -0.25) is 10.9 Å². The molecule has 0 saturated carbocycles. The summed E-state index contributed by atoms with van der Waals surface area (Å²) in [6, 6.07) is 14.1. The van der Waals surface area contributed by atoms with Crippen LogP contribution >= 0.6 is 23.6 Å². The zero-order chi connectivity index (χ0) is 13.5. The van der Waals surface area contributed by atoms with Gasteiger partial charge in [0.25, 0.3) is 0 Å². The fraction of sp³-hybridized carbons (Fsp3) is 0.0714. The summed E-state index contributed by atoms with van der Waals surface area (Å²) in [5, 5.41) is 5.67. The van der Waals surface area contributed by atoms with Gasteiger partial charge in [0.1, 0.15) is 0 Å². The van der Waals surface area contributed by atoms with E-state index in [-0.39, 0.29) is 0 Å². The molecule has 0 saturated heterocycles. The molecule has 0 aliphatic rings. The summed E-state index contributed by atoms with van der Waals surface area (Å²) in [6.45, 7) is 4.63. The topological polar surface area (TPSA) is 36.1 Å². The van der Waals surface area contributed by atoms with Crippen LogP contribution in [0.3, 0.4) is 0 Å². The Morgan fingerprint density at radius 1 is 1.11 bits per heavy atom. The lowest BCUT2D eigenvalue weighted by atomic mass is 10.2. The Morgan fingerprint density at radius 2 is 1.89 bits per heavy atom. The lowest BCUT2D eigenvalue weighted by Crippen LogP contribution is -2.42. The highest BCUT2D eigenvalue weighted by molar-refractivity contribution is 7.80. The Labute approximate surface area is 122 Å². The lowest BCUT2D eigenvalue weighted by molar-refractivity contribution is 0.791. The summed E-state index contributed by atoms with van der Waals surface area (Å²) >= 11 is 6.81. The van der Waals surface area contributed by atoms with Crippen LogP contribution in [0.15, 0.2) is 54.4 Å². The molecular weight excluding hydrogens is 274 g/mol. The van der Waals surface area contributed by atoms with Gasteiger partial charge >= 0.3 is 0 Å². The maximum absolute atomic E-state index is 5.18. The minimum atomic E-state index is 0.543. The molecular formula is C14H15N3S2. The summed E-state index contributed by atoms with van der Waals surface area (Å²) in [4.78, 5) is 1.08. The third kappa shape index (κ3) is 4.39. The molecule has 3 N–H and O–H groups in total. The zero-order valence-electron chi connectivity index (χ0n) is 10.3. The molecule has 0 bridgehead atoms. The summed E-state index contributed by atoms with van der Waals surface area (Å²) in [5.74, 6) is 0. The third-order valence-corrected chi connectivity index (χ3v) is 3.62. The summed E-state index contributed by atoms with van der Waals surface area (Å²) in [7, 11) is 0. The molecule has 0 aliphatic heterocycles. The van der Waals surface area contributed by atoms with Crippen molar-refractivity contribution in [1.82, 2.24) is 16.2 Å². The normalized spacial score (nSPS) is 9.68. The van der Waals surface area contributed by atoms with Gasteiger partial charge in [-0.1, -0.05) is 43.0 Å². The first-order valence-corrected chi connectivity index (χ1v) is 7.11. The number of thiocarbonyl (C=S) groups is 1. The molecule has 3 nitrogen and oxygen atoms in total. The van der Waals surface area contributed by atoms with Gasteiger partial charge in [-0.15, -0.1) is 11.3 Å². The van der Waals surface area contributed by atoms with Gasteiger partial charge in [-0.2, -0.15) is 0 Å². The molecule has 0 amide bonds. The molecule has 1 heterocycles. The summed E-state index contributed by atoms with van der Waals surface area (Å²) < 4.78 is 0. The number of hydrogen-bond donors (Lipinski definition) is 3. The molecule has 2 aromatic rings. The molecule has 0 radical (unpaired) electrons. The van der Waals surface area contributed by atoms with Gasteiger partial charge in [-0.05, 0) is 29.2 Å². The highest BCUT2D eigenvalue weighted by Crippen LogP contribution is 2.14. The van der Waals surface area contributed by atoms with Crippen LogP contribution in [0.25, 0.3) is 5.70 Å².